The number of carbonyl (C=O) groups is 1. The van der Waals surface area contributed by atoms with Crippen LogP contribution >= 0.6 is 0 Å². The summed E-state index contributed by atoms with van der Waals surface area (Å²) in [6.45, 7) is 2.73. The summed E-state index contributed by atoms with van der Waals surface area (Å²) in [4.78, 5) is 14.8. The third-order valence-electron chi connectivity index (χ3n) is 4.58. The van der Waals surface area contributed by atoms with Gasteiger partial charge in [-0.05, 0) is 24.1 Å². The van der Waals surface area contributed by atoms with E-state index in [1.807, 2.05) is 47.4 Å². The quantitative estimate of drug-likeness (QED) is 0.764. The van der Waals surface area contributed by atoms with E-state index in [4.69, 9.17) is 0 Å². The zero-order valence-electron chi connectivity index (χ0n) is 13.9. The van der Waals surface area contributed by atoms with Crippen molar-refractivity contribution in [2.24, 2.45) is 0 Å². The lowest BCUT2D eigenvalue weighted by atomic mass is 9.96. The van der Waals surface area contributed by atoms with Gasteiger partial charge in [0.25, 0.3) is 5.91 Å². The van der Waals surface area contributed by atoms with E-state index in [0.717, 1.165) is 28.8 Å². The van der Waals surface area contributed by atoms with Crippen LogP contribution in [0.3, 0.4) is 0 Å². The highest BCUT2D eigenvalue weighted by atomic mass is 16.3. The monoisotopic (exact) mass is 333 g/mol. The van der Waals surface area contributed by atoms with Gasteiger partial charge in [0.1, 0.15) is 11.4 Å². The first-order valence-electron chi connectivity index (χ1n) is 8.44. The second-order valence-electron chi connectivity index (χ2n) is 6.22. The molecule has 3 aromatic rings. The first kappa shape index (κ1) is 15.4. The Hall–Kier alpha value is -3.08. The van der Waals surface area contributed by atoms with Gasteiger partial charge in [-0.3, -0.25) is 9.89 Å². The summed E-state index contributed by atoms with van der Waals surface area (Å²) in [5.41, 5.74) is 4.23. The number of hydrogen-bond donors (Lipinski definition) is 2. The highest BCUT2D eigenvalue weighted by Crippen LogP contribution is 2.42. The van der Waals surface area contributed by atoms with Crippen LogP contribution in [0.1, 0.15) is 41.0 Å². The smallest absolute Gasteiger partial charge is 0.273 e. The SMILES string of the molecule is CCCN1C(=O)c2[nH]nc(-c3ccccc3)c2[C@@H]1c1ccc(O)cc1. The van der Waals surface area contributed by atoms with Crippen molar-refractivity contribution < 1.29 is 9.90 Å². The van der Waals surface area contributed by atoms with Gasteiger partial charge < -0.3 is 10.0 Å². The molecule has 1 aliphatic heterocycles. The molecule has 0 bridgehead atoms. The largest absolute Gasteiger partial charge is 0.508 e. The van der Waals surface area contributed by atoms with Crippen LogP contribution in [0.5, 0.6) is 5.75 Å². The number of H-pyrrole nitrogens is 1. The Labute approximate surface area is 145 Å². The number of aromatic amines is 1. The molecule has 2 N–H and O–H groups in total. The number of aromatic hydroxyl groups is 1. The molecule has 0 fully saturated rings. The third kappa shape index (κ3) is 2.48. The van der Waals surface area contributed by atoms with E-state index in [1.165, 1.54) is 0 Å². The molecule has 0 radical (unpaired) electrons. The zero-order chi connectivity index (χ0) is 17.4. The minimum Gasteiger partial charge on any atom is -0.508 e. The molecular weight excluding hydrogens is 314 g/mol. The molecule has 2 heterocycles. The number of phenolic OH excluding ortho intramolecular Hbond substituents is 1. The van der Waals surface area contributed by atoms with Crippen molar-refractivity contribution in [1.29, 1.82) is 0 Å². The number of aromatic nitrogens is 2. The maximum Gasteiger partial charge on any atom is 0.273 e. The summed E-state index contributed by atoms with van der Waals surface area (Å²) in [5.74, 6) is 0.190. The number of nitrogens with zero attached hydrogens (tertiary/aromatic N) is 2. The second kappa shape index (κ2) is 6.09. The van der Waals surface area contributed by atoms with Crippen LogP contribution in [0.25, 0.3) is 11.3 Å². The Balaban J connectivity index is 1.89. The molecule has 5 nitrogen and oxygen atoms in total. The van der Waals surface area contributed by atoms with Crippen LogP contribution in [-0.2, 0) is 0 Å². The average molecular weight is 333 g/mol. The Morgan fingerprint density at radius 1 is 1.12 bits per heavy atom. The predicted octanol–water partition coefficient (Wildman–Crippen LogP) is 3.74. The van der Waals surface area contributed by atoms with E-state index < -0.39 is 0 Å². The van der Waals surface area contributed by atoms with Gasteiger partial charge in [-0.25, -0.2) is 0 Å². The molecule has 1 aliphatic rings. The van der Waals surface area contributed by atoms with E-state index in [0.29, 0.717) is 12.2 Å². The standard InChI is InChI=1S/C20H19N3O2/c1-2-12-23-19(14-8-10-15(24)11-9-14)16-17(13-6-4-3-5-7-13)21-22-18(16)20(23)25/h3-11,19,24H,2,12H2,1H3,(H,21,22)/t19-/m0/s1. The lowest BCUT2D eigenvalue weighted by molar-refractivity contribution is 0.0744. The molecule has 25 heavy (non-hydrogen) atoms. The van der Waals surface area contributed by atoms with Gasteiger partial charge in [0.2, 0.25) is 0 Å². The van der Waals surface area contributed by atoms with Crippen LogP contribution < -0.4 is 0 Å². The van der Waals surface area contributed by atoms with E-state index in [-0.39, 0.29) is 17.7 Å². The summed E-state index contributed by atoms with van der Waals surface area (Å²) in [6.07, 6.45) is 0.874. The maximum absolute atomic E-state index is 12.9. The first-order valence-corrected chi connectivity index (χ1v) is 8.44. The summed E-state index contributed by atoms with van der Waals surface area (Å²) in [6, 6.07) is 16.7. The lowest BCUT2D eigenvalue weighted by Gasteiger charge is -2.26. The maximum atomic E-state index is 12.9. The van der Waals surface area contributed by atoms with Crippen LogP contribution in [0.15, 0.2) is 54.6 Å². The summed E-state index contributed by atoms with van der Waals surface area (Å²) >= 11 is 0. The highest BCUT2D eigenvalue weighted by Gasteiger charge is 2.41. The molecule has 2 aromatic carbocycles. The molecule has 1 atom stereocenters. The van der Waals surface area contributed by atoms with Crippen LogP contribution in [-0.4, -0.2) is 32.7 Å². The highest BCUT2D eigenvalue weighted by molar-refractivity contribution is 6.00. The number of fused-ring (bicyclic) bond motifs is 1. The second-order valence-corrected chi connectivity index (χ2v) is 6.22. The summed E-state index contributed by atoms with van der Waals surface area (Å²) in [7, 11) is 0. The fourth-order valence-electron chi connectivity index (χ4n) is 3.49. The summed E-state index contributed by atoms with van der Waals surface area (Å²) in [5, 5.41) is 17.0. The van der Waals surface area contributed by atoms with Crippen molar-refractivity contribution >= 4 is 5.91 Å². The van der Waals surface area contributed by atoms with Gasteiger partial charge in [-0.2, -0.15) is 5.10 Å². The van der Waals surface area contributed by atoms with Gasteiger partial charge in [0.15, 0.2) is 0 Å². The molecule has 0 spiro atoms. The number of benzene rings is 2. The Kier molecular flexibility index (Phi) is 3.76. The van der Waals surface area contributed by atoms with E-state index in [2.05, 4.69) is 17.1 Å². The van der Waals surface area contributed by atoms with Crippen molar-refractivity contribution in [3.8, 4) is 17.0 Å². The molecule has 126 valence electrons. The van der Waals surface area contributed by atoms with Crippen LogP contribution in [0, 0.1) is 0 Å². The Morgan fingerprint density at radius 3 is 2.52 bits per heavy atom. The molecule has 0 unspecified atom stereocenters. The fraction of sp³-hybridized carbons (Fsp3) is 0.200. The number of phenols is 1. The number of rotatable bonds is 4. The molecule has 1 aromatic heterocycles. The van der Waals surface area contributed by atoms with Crippen molar-refractivity contribution in [2.75, 3.05) is 6.54 Å². The third-order valence-corrected chi connectivity index (χ3v) is 4.58. The van der Waals surface area contributed by atoms with Gasteiger partial charge in [0.05, 0.1) is 11.7 Å². The Bertz CT molecular complexity index is 900. The van der Waals surface area contributed by atoms with Crippen LogP contribution in [0.2, 0.25) is 0 Å². The van der Waals surface area contributed by atoms with Gasteiger partial charge in [-0.15, -0.1) is 0 Å². The molecular formula is C20H19N3O2. The lowest BCUT2D eigenvalue weighted by Crippen LogP contribution is -2.30. The van der Waals surface area contributed by atoms with Crippen LogP contribution in [0.4, 0.5) is 0 Å². The predicted molar refractivity (Wildman–Crippen MR) is 95.3 cm³/mol. The van der Waals surface area contributed by atoms with E-state index in [1.54, 1.807) is 12.1 Å². The van der Waals surface area contributed by atoms with Crippen molar-refractivity contribution in [3.63, 3.8) is 0 Å². The molecule has 1 amide bonds. The average Bonchev–Trinajstić information content (AvgIpc) is 3.17. The van der Waals surface area contributed by atoms with Gasteiger partial charge in [-0.1, -0.05) is 49.4 Å². The fourth-order valence-corrected chi connectivity index (χ4v) is 3.49. The Morgan fingerprint density at radius 2 is 1.84 bits per heavy atom. The molecule has 5 heteroatoms. The minimum absolute atomic E-state index is 0.0235. The van der Waals surface area contributed by atoms with Gasteiger partial charge in [0, 0.05) is 17.7 Å². The number of amides is 1. The van der Waals surface area contributed by atoms with Gasteiger partial charge >= 0.3 is 0 Å². The topological polar surface area (TPSA) is 69.2 Å². The number of carbonyl (C=O) groups excluding carboxylic acids is 1. The number of hydrogen-bond acceptors (Lipinski definition) is 3. The van der Waals surface area contributed by atoms with Crippen molar-refractivity contribution in [1.82, 2.24) is 15.1 Å². The number of nitrogens with one attached hydrogen (secondary N) is 1. The molecule has 0 aliphatic carbocycles. The molecule has 0 saturated heterocycles. The molecule has 0 saturated carbocycles. The van der Waals surface area contributed by atoms with Crippen molar-refractivity contribution in [2.45, 2.75) is 19.4 Å². The summed E-state index contributed by atoms with van der Waals surface area (Å²) < 4.78 is 0. The van der Waals surface area contributed by atoms with Crippen molar-refractivity contribution in [3.05, 3.63) is 71.4 Å². The van der Waals surface area contributed by atoms with E-state index in [9.17, 15) is 9.90 Å². The normalized spacial score (nSPS) is 16.3. The molecule has 4 rings (SSSR count). The zero-order valence-corrected chi connectivity index (χ0v) is 13.9. The minimum atomic E-state index is -0.197. The van der Waals surface area contributed by atoms with E-state index >= 15 is 0 Å². The first-order chi connectivity index (χ1) is 12.2.